The highest BCUT2D eigenvalue weighted by atomic mass is 35.5. The third kappa shape index (κ3) is 3.45. The smallest absolute Gasteiger partial charge is 0.251 e. The molecule has 2 unspecified atom stereocenters. The van der Waals surface area contributed by atoms with Gasteiger partial charge in [-0.1, -0.05) is 31.4 Å². The summed E-state index contributed by atoms with van der Waals surface area (Å²) in [5, 5.41) is 3.47. The minimum Gasteiger partial charge on any atom is -0.349 e. The molecule has 4 heteroatoms. The molecule has 0 aromatic carbocycles. The lowest BCUT2D eigenvalue weighted by Crippen LogP contribution is -2.38. The molecule has 1 aromatic heterocycles. The Hall–Kier alpha value is -1.09. The number of nitrogens with zero attached hydrogens (tertiary/aromatic N) is 1. The van der Waals surface area contributed by atoms with Crippen molar-refractivity contribution >= 4 is 17.5 Å². The third-order valence-electron chi connectivity index (χ3n) is 3.46. The highest BCUT2D eigenvalue weighted by Gasteiger charge is 2.21. The zero-order valence-corrected chi connectivity index (χ0v) is 11.6. The Labute approximate surface area is 113 Å². The van der Waals surface area contributed by atoms with E-state index in [1.165, 1.54) is 12.8 Å². The van der Waals surface area contributed by atoms with Gasteiger partial charge < -0.3 is 5.32 Å². The summed E-state index contributed by atoms with van der Waals surface area (Å²) in [7, 11) is 0. The average molecular weight is 267 g/mol. The SMILES string of the molecule is Cc1cc(C(=O)NC2CCCC(C)C2)cc(Cl)n1. The Balaban J connectivity index is 2.02. The van der Waals surface area contributed by atoms with Crippen LogP contribution in [0, 0.1) is 12.8 Å². The lowest BCUT2D eigenvalue weighted by molar-refractivity contribution is 0.0921. The van der Waals surface area contributed by atoms with Crippen molar-refractivity contribution in [3.8, 4) is 0 Å². The van der Waals surface area contributed by atoms with Gasteiger partial charge in [-0.2, -0.15) is 0 Å². The van der Waals surface area contributed by atoms with Crippen LogP contribution in [0.2, 0.25) is 5.15 Å². The summed E-state index contributed by atoms with van der Waals surface area (Å²) < 4.78 is 0. The summed E-state index contributed by atoms with van der Waals surface area (Å²) in [6.07, 6.45) is 4.62. The number of aryl methyl sites for hydroxylation is 1. The van der Waals surface area contributed by atoms with Gasteiger partial charge in [0.15, 0.2) is 0 Å². The lowest BCUT2D eigenvalue weighted by atomic mass is 9.87. The Kier molecular flexibility index (Phi) is 4.23. The topological polar surface area (TPSA) is 42.0 Å². The number of pyridine rings is 1. The predicted molar refractivity (Wildman–Crippen MR) is 72.9 cm³/mol. The number of rotatable bonds is 2. The van der Waals surface area contributed by atoms with Crippen LogP contribution in [0.4, 0.5) is 0 Å². The van der Waals surface area contributed by atoms with Crippen molar-refractivity contribution in [2.24, 2.45) is 5.92 Å². The number of amides is 1. The van der Waals surface area contributed by atoms with E-state index in [2.05, 4.69) is 17.2 Å². The standard InChI is InChI=1S/C14H19ClN2O/c1-9-4-3-5-12(6-9)17-14(18)11-7-10(2)16-13(15)8-11/h7-9,12H,3-6H2,1-2H3,(H,17,18). The molecule has 3 nitrogen and oxygen atoms in total. The minimum absolute atomic E-state index is 0.0403. The van der Waals surface area contributed by atoms with Gasteiger partial charge in [0.05, 0.1) is 0 Å². The van der Waals surface area contributed by atoms with Crippen LogP contribution in [-0.2, 0) is 0 Å². The summed E-state index contributed by atoms with van der Waals surface area (Å²) in [5.41, 5.74) is 1.37. The van der Waals surface area contributed by atoms with Crippen LogP contribution in [-0.4, -0.2) is 16.9 Å². The van der Waals surface area contributed by atoms with Crippen LogP contribution < -0.4 is 5.32 Å². The molecule has 0 spiro atoms. The number of hydrogen-bond acceptors (Lipinski definition) is 2. The highest BCUT2D eigenvalue weighted by molar-refractivity contribution is 6.29. The maximum absolute atomic E-state index is 12.1. The Morgan fingerprint density at radius 3 is 2.89 bits per heavy atom. The molecule has 1 aromatic rings. The van der Waals surface area contributed by atoms with Crippen LogP contribution in [0.25, 0.3) is 0 Å². The van der Waals surface area contributed by atoms with Gasteiger partial charge in [-0.3, -0.25) is 4.79 Å². The Morgan fingerprint density at radius 1 is 1.44 bits per heavy atom. The van der Waals surface area contributed by atoms with E-state index in [1.807, 2.05) is 6.92 Å². The average Bonchev–Trinajstić information content (AvgIpc) is 2.27. The first-order valence-corrected chi connectivity index (χ1v) is 6.87. The molecular formula is C14H19ClN2O. The number of aromatic nitrogens is 1. The van der Waals surface area contributed by atoms with Crippen molar-refractivity contribution in [3.63, 3.8) is 0 Å². The molecule has 0 saturated heterocycles. The van der Waals surface area contributed by atoms with E-state index in [9.17, 15) is 4.79 Å². The van der Waals surface area contributed by atoms with E-state index in [0.717, 1.165) is 18.5 Å². The van der Waals surface area contributed by atoms with E-state index in [-0.39, 0.29) is 5.91 Å². The zero-order valence-electron chi connectivity index (χ0n) is 10.9. The van der Waals surface area contributed by atoms with Gasteiger partial charge in [0.1, 0.15) is 5.15 Å². The molecule has 1 aliphatic rings. The molecule has 1 heterocycles. The minimum atomic E-state index is -0.0403. The number of hydrogen-bond donors (Lipinski definition) is 1. The quantitative estimate of drug-likeness (QED) is 0.834. The Morgan fingerprint density at radius 2 is 2.22 bits per heavy atom. The normalized spacial score (nSPS) is 23.7. The van der Waals surface area contributed by atoms with E-state index < -0.39 is 0 Å². The molecule has 1 aliphatic carbocycles. The van der Waals surface area contributed by atoms with Crippen molar-refractivity contribution in [1.82, 2.24) is 10.3 Å². The van der Waals surface area contributed by atoms with Crippen molar-refractivity contribution in [1.29, 1.82) is 0 Å². The zero-order chi connectivity index (χ0) is 13.1. The summed E-state index contributed by atoms with van der Waals surface area (Å²) in [5.74, 6) is 0.660. The van der Waals surface area contributed by atoms with Gasteiger partial charge in [0.25, 0.3) is 5.91 Å². The molecule has 0 radical (unpaired) electrons. The van der Waals surface area contributed by atoms with E-state index in [1.54, 1.807) is 12.1 Å². The predicted octanol–water partition coefficient (Wildman–Crippen LogP) is 3.35. The van der Waals surface area contributed by atoms with Crippen molar-refractivity contribution in [2.75, 3.05) is 0 Å². The highest BCUT2D eigenvalue weighted by Crippen LogP contribution is 2.23. The van der Waals surface area contributed by atoms with E-state index in [0.29, 0.717) is 22.7 Å². The van der Waals surface area contributed by atoms with Crippen LogP contribution in [0.3, 0.4) is 0 Å². The fourth-order valence-electron chi connectivity index (χ4n) is 2.59. The first-order chi connectivity index (χ1) is 8.54. The first-order valence-electron chi connectivity index (χ1n) is 6.49. The van der Waals surface area contributed by atoms with Crippen molar-refractivity contribution in [3.05, 3.63) is 28.5 Å². The number of halogens is 1. The first kappa shape index (κ1) is 13.3. The molecule has 1 N–H and O–H groups in total. The molecule has 2 atom stereocenters. The van der Waals surface area contributed by atoms with Crippen LogP contribution in [0.5, 0.6) is 0 Å². The second kappa shape index (κ2) is 5.70. The molecule has 0 bridgehead atoms. The summed E-state index contributed by atoms with van der Waals surface area (Å²) >= 11 is 5.87. The Bertz CT molecular complexity index is 427. The van der Waals surface area contributed by atoms with Crippen LogP contribution in [0.1, 0.15) is 48.7 Å². The van der Waals surface area contributed by atoms with Gasteiger partial charge >= 0.3 is 0 Å². The number of nitrogens with one attached hydrogen (secondary N) is 1. The maximum atomic E-state index is 12.1. The third-order valence-corrected chi connectivity index (χ3v) is 3.65. The largest absolute Gasteiger partial charge is 0.349 e. The van der Waals surface area contributed by atoms with E-state index >= 15 is 0 Å². The van der Waals surface area contributed by atoms with Gasteiger partial charge in [-0.05, 0) is 37.8 Å². The van der Waals surface area contributed by atoms with Crippen molar-refractivity contribution < 1.29 is 4.79 Å². The fraction of sp³-hybridized carbons (Fsp3) is 0.571. The summed E-state index contributed by atoms with van der Waals surface area (Å²) in [4.78, 5) is 16.2. The van der Waals surface area contributed by atoms with E-state index in [4.69, 9.17) is 11.6 Å². The van der Waals surface area contributed by atoms with Gasteiger partial charge in [0.2, 0.25) is 0 Å². The fourth-order valence-corrected chi connectivity index (χ4v) is 2.84. The lowest BCUT2D eigenvalue weighted by Gasteiger charge is -2.27. The monoisotopic (exact) mass is 266 g/mol. The summed E-state index contributed by atoms with van der Waals surface area (Å²) in [6.45, 7) is 4.08. The van der Waals surface area contributed by atoms with Crippen molar-refractivity contribution in [2.45, 2.75) is 45.6 Å². The maximum Gasteiger partial charge on any atom is 0.251 e. The molecule has 1 saturated carbocycles. The number of carbonyl (C=O) groups excluding carboxylic acids is 1. The van der Waals surface area contributed by atoms with Gasteiger partial charge in [0, 0.05) is 17.3 Å². The van der Waals surface area contributed by atoms with Crippen LogP contribution in [0.15, 0.2) is 12.1 Å². The summed E-state index contributed by atoms with van der Waals surface area (Å²) in [6, 6.07) is 3.69. The second-order valence-corrected chi connectivity index (χ2v) is 5.65. The van der Waals surface area contributed by atoms with Gasteiger partial charge in [-0.25, -0.2) is 4.98 Å². The molecule has 98 valence electrons. The van der Waals surface area contributed by atoms with Crippen LogP contribution >= 0.6 is 11.6 Å². The molecular weight excluding hydrogens is 248 g/mol. The molecule has 0 aliphatic heterocycles. The molecule has 1 fully saturated rings. The second-order valence-electron chi connectivity index (χ2n) is 5.26. The van der Waals surface area contributed by atoms with Gasteiger partial charge in [-0.15, -0.1) is 0 Å². The number of carbonyl (C=O) groups is 1. The molecule has 1 amide bonds. The molecule has 2 rings (SSSR count). The molecule has 18 heavy (non-hydrogen) atoms.